The summed E-state index contributed by atoms with van der Waals surface area (Å²) in [7, 11) is 1.32. The Morgan fingerprint density at radius 2 is 1.53 bits per heavy atom. The number of methoxy groups -OCH3 is 1. The van der Waals surface area contributed by atoms with Gasteiger partial charge in [-0.2, -0.15) is 0 Å². The van der Waals surface area contributed by atoms with Crippen LogP contribution < -0.4 is 5.32 Å². The van der Waals surface area contributed by atoms with E-state index in [1.54, 1.807) is 30.5 Å². The standard InChI is InChI=1S/C26H22N2O4/c1-32-26(31)20-13-11-18(12-14-20)15-27-25(30)24(29)22-17-28(16-19-7-3-2-4-8-19)23-10-6-5-9-21(22)23/h2-14,17H,15-16H2,1H3,(H,27,30). The smallest absolute Gasteiger partial charge is 0.337 e. The first-order chi connectivity index (χ1) is 15.6. The number of carbonyl (C=O) groups is 3. The Morgan fingerprint density at radius 3 is 2.25 bits per heavy atom. The molecular weight excluding hydrogens is 404 g/mol. The molecule has 0 radical (unpaired) electrons. The molecule has 1 heterocycles. The Kier molecular flexibility index (Phi) is 6.12. The summed E-state index contributed by atoms with van der Waals surface area (Å²) in [5.41, 5.74) is 3.56. The molecule has 1 aromatic heterocycles. The summed E-state index contributed by atoms with van der Waals surface area (Å²) < 4.78 is 6.66. The minimum atomic E-state index is -0.676. The summed E-state index contributed by atoms with van der Waals surface area (Å²) >= 11 is 0. The summed E-state index contributed by atoms with van der Waals surface area (Å²) in [4.78, 5) is 37.1. The Hall–Kier alpha value is -4.19. The molecule has 1 amide bonds. The van der Waals surface area contributed by atoms with Crippen molar-refractivity contribution < 1.29 is 19.1 Å². The van der Waals surface area contributed by atoms with Gasteiger partial charge >= 0.3 is 5.97 Å². The van der Waals surface area contributed by atoms with E-state index in [2.05, 4.69) is 10.1 Å². The van der Waals surface area contributed by atoms with Crippen LogP contribution in [0.4, 0.5) is 0 Å². The van der Waals surface area contributed by atoms with E-state index in [1.807, 2.05) is 59.2 Å². The molecule has 0 saturated carbocycles. The first-order valence-electron chi connectivity index (χ1n) is 10.2. The third-order valence-electron chi connectivity index (χ3n) is 5.26. The third kappa shape index (κ3) is 4.44. The number of ketones is 1. The molecule has 0 spiro atoms. The fraction of sp³-hybridized carbons (Fsp3) is 0.115. The quantitative estimate of drug-likeness (QED) is 0.276. The van der Waals surface area contributed by atoms with Crippen LogP contribution in [0.1, 0.15) is 31.8 Å². The summed E-state index contributed by atoms with van der Waals surface area (Å²) in [5.74, 6) is -1.69. The van der Waals surface area contributed by atoms with E-state index in [-0.39, 0.29) is 6.54 Å². The van der Waals surface area contributed by atoms with E-state index in [1.165, 1.54) is 7.11 Å². The normalized spacial score (nSPS) is 10.7. The molecule has 4 aromatic rings. The highest BCUT2D eigenvalue weighted by Crippen LogP contribution is 2.23. The Bertz CT molecular complexity index is 1270. The number of benzene rings is 3. The molecular formula is C26H22N2O4. The second-order valence-corrected chi connectivity index (χ2v) is 7.37. The van der Waals surface area contributed by atoms with Gasteiger partial charge in [0, 0.05) is 30.2 Å². The average Bonchev–Trinajstić information content (AvgIpc) is 3.21. The molecule has 32 heavy (non-hydrogen) atoms. The van der Waals surface area contributed by atoms with Crippen LogP contribution >= 0.6 is 0 Å². The van der Waals surface area contributed by atoms with Crippen molar-refractivity contribution in [3.05, 3.63) is 107 Å². The highest BCUT2D eigenvalue weighted by atomic mass is 16.5. The van der Waals surface area contributed by atoms with Crippen LogP contribution in [0.5, 0.6) is 0 Å². The second-order valence-electron chi connectivity index (χ2n) is 7.37. The summed E-state index contributed by atoms with van der Waals surface area (Å²) in [6, 6.07) is 24.2. The first-order valence-corrected chi connectivity index (χ1v) is 10.2. The van der Waals surface area contributed by atoms with Gasteiger partial charge in [-0.05, 0) is 29.3 Å². The molecule has 0 bridgehead atoms. The van der Waals surface area contributed by atoms with E-state index in [0.717, 1.165) is 22.0 Å². The van der Waals surface area contributed by atoms with Gasteiger partial charge in [0.15, 0.2) is 0 Å². The molecule has 0 unspecified atom stereocenters. The fourth-order valence-electron chi connectivity index (χ4n) is 3.60. The number of nitrogens with zero attached hydrogens (tertiary/aromatic N) is 1. The zero-order valence-corrected chi connectivity index (χ0v) is 17.6. The average molecular weight is 426 g/mol. The molecule has 6 heteroatoms. The summed E-state index contributed by atoms with van der Waals surface area (Å²) in [6.07, 6.45) is 1.74. The fourth-order valence-corrected chi connectivity index (χ4v) is 3.60. The maximum atomic E-state index is 12.9. The number of Topliss-reactive ketones (excluding diaryl/α,β-unsaturated/α-hetero) is 1. The molecule has 6 nitrogen and oxygen atoms in total. The van der Waals surface area contributed by atoms with Crippen LogP contribution in [0.2, 0.25) is 0 Å². The molecule has 0 aliphatic heterocycles. The number of ether oxygens (including phenoxy) is 1. The molecule has 0 aliphatic carbocycles. The van der Waals surface area contributed by atoms with E-state index in [0.29, 0.717) is 17.7 Å². The molecule has 1 N–H and O–H groups in total. The molecule has 0 atom stereocenters. The number of nitrogens with one attached hydrogen (secondary N) is 1. The number of rotatable bonds is 7. The largest absolute Gasteiger partial charge is 0.465 e. The molecule has 0 fully saturated rings. The second kappa shape index (κ2) is 9.31. The molecule has 160 valence electrons. The summed E-state index contributed by atoms with van der Waals surface area (Å²) in [6.45, 7) is 0.775. The van der Waals surface area contributed by atoms with Crippen molar-refractivity contribution in [2.75, 3.05) is 7.11 Å². The van der Waals surface area contributed by atoms with Gasteiger partial charge in [-0.1, -0.05) is 60.7 Å². The predicted octanol–water partition coefficient (Wildman–Crippen LogP) is 3.98. The van der Waals surface area contributed by atoms with Gasteiger partial charge in [0.2, 0.25) is 0 Å². The number of hydrogen-bond acceptors (Lipinski definition) is 4. The van der Waals surface area contributed by atoms with E-state index in [9.17, 15) is 14.4 Å². The van der Waals surface area contributed by atoms with Gasteiger partial charge in [-0.25, -0.2) is 4.79 Å². The predicted molar refractivity (Wildman–Crippen MR) is 121 cm³/mol. The van der Waals surface area contributed by atoms with Crippen molar-refractivity contribution in [3.63, 3.8) is 0 Å². The van der Waals surface area contributed by atoms with Gasteiger partial charge in [0.25, 0.3) is 11.7 Å². The lowest BCUT2D eigenvalue weighted by Gasteiger charge is -2.05. The van der Waals surface area contributed by atoms with Gasteiger partial charge < -0.3 is 14.6 Å². The maximum Gasteiger partial charge on any atom is 0.337 e. The monoisotopic (exact) mass is 426 g/mol. The lowest BCUT2D eigenvalue weighted by atomic mass is 10.1. The van der Waals surface area contributed by atoms with Crippen LogP contribution in [-0.2, 0) is 22.6 Å². The minimum Gasteiger partial charge on any atom is -0.465 e. The zero-order chi connectivity index (χ0) is 22.5. The number of carbonyl (C=O) groups excluding carboxylic acids is 3. The van der Waals surface area contributed by atoms with Crippen molar-refractivity contribution in [1.29, 1.82) is 0 Å². The van der Waals surface area contributed by atoms with Gasteiger partial charge in [0.1, 0.15) is 0 Å². The van der Waals surface area contributed by atoms with Gasteiger partial charge in [-0.15, -0.1) is 0 Å². The SMILES string of the molecule is COC(=O)c1ccc(CNC(=O)C(=O)c2cn(Cc3ccccc3)c3ccccc23)cc1. The van der Waals surface area contributed by atoms with Crippen LogP contribution in [-0.4, -0.2) is 29.3 Å². The lowest BCUT2D eigenvalue weighted by Crippen LogP contribution is -2.30. The van der Waals surface area contributed by atoms with Crippen LogP contribution in [0.3, 0.4) is 0 Å². The van der Waals surface area contributed by atoms with Crippen molar-refractivity contribution in [2.45, 2.75) is 13.1 Å². The van der Waals surface area contributed by atoms with E-state index in [4.69, 9.17) is 0 Å². The lowest BCUT2D eigenvalue weighted by molar-refractivity contribution is -0.117. The number of fused-ring (bicyclic) bond motifs is 1. The molecule has 3 aromatic carbocycles. The maximum absolute atomic E-state index is 12.9. The number of hydrogen-bond donors (Lipinski definition) is 1. The van der Waals surface area contributed by atoms with Crippen LogP contribution in [0, 0.1) is 0 Å². The molecule has 4 rings (SSSR count). The number of amides is 1. The number of esters is 1. The van der Waals surface area contributed by atoms with Crippen LogP contribution in [0.25, 0.3) is 10.9 Å². The van der Waals surface area contributed by atoms with Gasteiger partial charge in [0.05, 0.1) is 18.2 Å². The van der Waals surface area contributed by atoms with Gasteiger partial charge in [-0.3, -0.25) is 9.59 Å². The number of aromatic nitrogens is 1. The topological polar surface area (TPSA) is 77.4 Å². The molecule has 0 aliphatic rings. The third-order valence-corrected chi connectivity index (χ3v) is 5.26. The first kappa shape index (κ1) is 21.1. The minimum absolute atomic E-state index is 0.175. The Balaban J connectivity index is 1.50. The van der Waals surface area contributed by atoms with Crippen LogP contribution in [0.15, 0.2) is 85.1 Å². The van der Waals surface area contributed by atoms with E-state index < -0.39 is 17.7 Å². The van der Waals surface area contributed by atoms with Crippen molar-refractivity contribution >= 4 is 28.6 Å². The van der Waals surface area contributed by atoms with Crippen molar-refractivity contribution in [2.24, 2.45) is 0 Å². The highest BCUT2D eigenvalue weighted by molar-refractivity contribution is 6.45. The Morgan fingerprint density at radius 1 is 0.844 bits per heavy atom. The molecule has 0 saturated heterocycles. The highest BCUT2D eigenvalue weighted by Gasteiger charge is 2.21. The van der Waals surface area contributed by atoms with E-state index >= 15 is 0 Å². The zero-order valence-electron chi connectivity index (χ0n) is 17.6. The summed E-state index contributed by atoms with van der Waals surface area (Å²) in [5, 5.41) is 3.41. The van der Waals surface area contributed by atoms with Crippen molar-refractivity contribution in [1.82, 2.24) is 9.88 Å². The Labute approximate surface area is 185 Å². The number of para-hydroxylation sites is 1. The van der Waals surface area contributed by atoms with Crippen molar-refractivity contribution in [3.8, 4) is 0 Å².